The summed E-state index contributed by atoms with van der Waals surface area (Å²) in [6, 6.07) is 5.52. The molecule has 0 unspecified atom stereocenters. The Balaban J connectivity index is 1.44. The number of aliphatic hydroxyl groups is 3. The van der Waals surface area contributed by atoms with Gasteiger partial charge in [-0.25, -0.2) is 18.4 Å². The fraction of sp³-hybridized carbons (Fsp3) is 0.346. The number of hydrogen-bond donors (Lipinski definition) is 3. The number of benzene rings is 2. The second-order valence-electron chi connectivity index (χ2n) is 10.1. The highest BCUT2D eigenvalue weighted by Crippen LogP contribution is 2.41. The van der Waals surface area contributed by atoms with Gasteiger partial charge in [-0.05, 0) is 53.2 Å². The highest BCUT2D eigenvalue weighted by atomic mass is 79.9. The lowest BCUT2D eigenvalue weighted by Crippen LogP contribution is -2.53. The third kappa shape index (κ3) is 5.23. The van der Waals surface area contributed by atoms with Crippen LogP contribution in [0.4, 0.5) is 17.6 Å². The van der Waals surface area contributed by atoms with Gasteiger partial charge in [0.25, 0.3) is 0 Å². The number of hydrogen-bond acceptors (Lipinski definition) is 10. The molecule has 3 N–H and O–H groups in total. The zero-order valence-electron chi connectivity index (χ0n) is 22.2. The van der Waals surface area contributed by atoms with Gasteiger partial charge in [0, 0.05) is 12.5 Å². The number of ether oxygens (including phenoxy) is 1. The van der Waals surface area contributed by atoms with E-state index in [1.807, 2.05) is 6.92 Å². The zero-order chi connectivity index (χ0) is 30.8. The summed E-state index contributed by atoms with van der Waals surface area (Å²) in [6.07, 6.45) is -4.84. The minimum absolute atomic E-state index is 0.0116. The first-order valence-electron chi connectivity index (χ1n) is 12.8. The minimum atomic E-state index is -3.46. The highest BCUT2D eigenvalue weighted by molar-refractivity contribution is 9.10. The molecule has 6 rings (SSSR count). The Bertz CT molecular complexity index is 1800. The van der Waals surface area contributed by atoms with E-state index in [1.165, 1.54) is 17.5 Å². The lowest BCUT2D eigenvalue weighted by molar-refractivity contribution is -0.210. The van der Waals surface area contributed by atoms with Crippen molar-refractivity contribution in [2.45, 2.75) is 50.2 Å². The molecule has 5 aromatic rings. The van der Waals surface area contributed by atoms with E-state index in [0.29, 0.717) is 17.1 Å². The number of nitrogens with zero attached hydrogens (tertiary/aromatic N) is 7. The normalized spacial score (nSPS) is 22.9. The Labute approximate surface area is 252 Å². The smallest absolute Gasteiger partial charge is 0.304 e. The van der Waals surface area contributed by atoms with Gasteiger partial charge in [-0.3, -0.25) is 4.57 Å². The Kier molecular flexibility index (Phi) is 7.58. The first-order chi connectivity index (χ1) is 20.4. The van der Waals surface area contributed by atoms with E-state index in [1.54, 1.807) is 18.2 Å². The molecule has 0 spiro atoms. The van der Waals surface area contributed by atoms with Crippen LogP contribution in [-0.4, -0.2) is 75.0 Å². The second-order valence-corrected chi connectivity index (χ2v) is 12.1. The van der Waals surface area contributed by atoms with Gasteiger partial charge < -0.3 is 20.1 Å². The summed E-state index contributed by atoms with van der Waals surface area (Å²) >= 11 is 4.16. The van der Waals surface area contributed by atoms with Crippen molar-refractivity contribution >= 4 is 37.5 Å². The molecule has 0 saturated carbocycles. The number of aromatic nitrogens is 7. The molecule has 43 heavy (non-hydrogen) atoms. The van der Waals surface area contributed by atoms with E-state index in [4.69, 9.17) is 4.74 Å². The molecule has 4 heterocycles. The minimum Gasteiger partial charge on any atom is -0.394 e. The van der Waals surface area contributed by atoms with Gasteiger partial charge in [0.2, 0.25) is 5.82 Å². The molecule has 2 aromatic carbocycles. The van der Waals surface area contributed by atoms with E-state index in [-0.39, 0.29) is 27.2 Å². The van der Waals surface area contributed by atoms with Crippen LogP contribution in [0.5, 0.6) is 0 Å². The molecule has 0 bridgehead atoms. The van der Waals surface area contributed by atoms with Crippen LogP contribution in [0.3, 0.4) is 0 Å². The standard InChI is InChI=1S/C26H22BrF4N7O4S/c1-10-32-15-4-3-12(7-18(15)43-10)38-24(34-35-25(38)26(2,30)31)23-22(41)20(21(40)17(9-39)42-23)37-8-16(33-36-37)11-5-13(28)19(27)14(29)6-11/h3-8,17,20-23,39-41H,9H2,1-2H3/t17-,20+,21+,22-,23-/m1/s1. The van der Waals surface area contributed by atoms with E-state index in [0.717, 1.165) is 26.4 Å². The van der Waals surface area contributed by atoms with Crippen LogP contribution in [0.25, 0.3) is 27.2 Å². The number of aryl methyl sites for hydroxylation is 1. The molecule has 1 fully saturated rings. The van der Waals surface area contributed by atoms with E-state index < -0.39 is 60.4 Å². The first-order valence-corrected chi connectivity index (χ1v) is 14.4. The van der Waals surface area contributed by atoms with Crippen LogP contribution < -0.4 is 0 Å². The molecule has 226 valence electrons. The third-order valence-electron chi connectivity index (χ3n) is 7.06. The molecule has 0 aliphatic carbocycles. The maximum absolute atomic E-state index is 14.8. The lowest BCUT2D eigenvalue weighted by Gasteiger charge is -2.41. The van der Waals surface area contributed by atoms with Crippen molar-refractivity contribution in [3.05, 3.63) is 69.3 Å². The van der Waals surface area contributed by atoms with Crippen LogP contribution in [0.1, 0.15) is 35.7 Å². The number of alkyl halides is 2. The van der Waals surface area contributed by atoms with E-state index >= 15 is 0 Å². The summed E-state index contributed by atoms with van der Waals surface area (Å²) in [4.78, 5) is 4.39. The van der Waals surface area contributed by atoms with Crippen LogP contribution in [-0.2, 0) is 10.7 Å². The fourth-order valence-corrected chi connectivity index (χ4v) is 6.16. The third-order valence-corrected chi connectivity index (χ3v) is 8.75. The molecule has 17 heteroatoms. The van der Waals surface area contributed by atoms with Crippen molar-refractivity contribution in [2.24, 2.45) is 0 Å². The molecule has 1 saturated heterocycles. The van der Waals surface area contributed by atoms with Gasteiger partial charge in [-0.15, -0.1) is 26.6 Å². The molecule has 0 amide bonds. The van der Waals surface area contributed by atoms with Gasteiger partial charge >= 0.3 is 5.92 Å². The summed E-state index contributed by atoms with van der Waals surface area (Å²) in [6.45, 7) is 1.74. The van der Waals surface area contributed by atoms with Gasteiger partial charge in [-0.1, -0.05) is 5.21 Å². The predicted molar refractivity (Wildman–Crippen MR) is 148 cm³/mol. The summed E-state index contributed by atoms with van der Waals surface area (Å²) in [7, 11) is 0. The van der Waals surface area contributed by atoms with Crippen molar-refractivity contribution in [1.29, 1.82) is 0 Å². The summed E-state index contributed by atoms with van der Waals surface area (Å²) < 4.78 is 66.2. The van der Waals surface area contributed by atoms with Gasteiger partial charge in [0.1, 0.15) is 47.8 Å². The predicted octanol–water partition coefficient (Wildman–Crippen LogP) is 3.99. The zero-order valence-corrected chi connectivity index (χ0v) is 24.6. The summed E-state index contributed by atoms with van der Waals surface area (Å²) in [5.74, 6) is -6.19. The second kappa shape index (κ2) is 11.0. The van der Waals surface area contributed by atoms with E-state index in [2.05, 4.69) is 41.4 Å². The molecule has 5 atom stereocenters. The number of halogens is 5. The van der Waals surface area contributed by atoms with Crippen LogP contribution in [0.15, 0.2) is 41.0 Å². The molecular formula is C26H22BrF4N7O4S. The lowest BCUT2D eigenvalue weighted by atomic mass is 9.92. The summed E-state index contributed by atoms with van der Waals surface area (Å²) in [5.41, 5.74) is 0.946. The van der Waals surface area contributed by atoms with Crippen molar-refractivity contribution in [3.8, 4) is 16.9 Å². The molecule has 3 aromatic heterocycles. The average Bonchev–Trinajstić information content (AvgIpc) is 3.69. The van der Waals surface area contributed by atoms with Crippen LogP contribution >= 0.6 is 27.3 Å². The van der Waals surface area contributed by atoms with Crippen molar-refractivity contribution < 1.29 is 37.6 Å². The highest BCUT2D eigenvalue weighted by Gasteiger charge is 2.49. The number of aliphatic hydroxyl groups excluding tert-OH is 3. The first kappa shape index (κ1) is 29.7. The Morgan fingerprint density at radius 3 is 2.47 bits per heavy atom. The molecule has 1 aliphatic heterocycles. The molecular weight excluding hydrogens is 662 g/mol. The number of thiazole rings is 1. The van der Waals surface area contributed by atoms with Crippen LogP contribution in [0, 0.1) is 18.6 Å². The molecule has 1 aliphatic rings. The number of rotatable bonds is 6. The SMILES string of the molecule is Cc1nc2ccc(-n3c([C@@H]4O[C@H](CO)[C@H](O)[C@H](n5cc(-c6cc(F)c(Br)c(F)c6)nn5)[C@H]4O)nnc3C(C)(F)F)cc2s1. The van der Waals surface area contributed by atoms with Gasteiger partial charge in [0.15, 0.2) is 5.82 Å². The largest absolute Gasteiger partial charge is 0.394 e. The Hall–Kier alpha value is -3.35. The summed E-state index contributed by atoms with van der Waals surface area (Å²) in [5, 5.41) is 48.9. The monoisotopic (exact) mass is 683 g/mol. The van der Waals surface area contributed by atoms with Crippen molar-refractivity contribution in [1.82, 2.24) is 34.7 Å². The van der Waals surface area contributed by atoms with Gasteiger partial charge in [0.05, 0.1) is 38.2 Å². The maximum atomic E-state index is 14.8. The Morgan fingerprint density at radius 1 is 1.07 bits per heavy atom. The van der Waals surface area contributed by atoms with Crippen LogP contribution in [0.2, 0.25) is 0 Å². The number of fused-ring (bicyclic) bond motifs is 1. The fourth-order valence-electron chi connectivity index (χ4n) is 5.07. The molecule has 11 nitrogen and oxygen atoms in total. The Morgan fingerprint density at radius 2 is 1.79 bits per heavy atom. The van der Waals surface area contributed by atoms with E-state index in [9.17, 15) is 32.9 Å². The average molecular weight is 684 g/mol. The molecule has 0 radical (unpaired) electrons. The van der Waals surface area contributed by atoms with Gasteiger partial charge in [-0.2, -0.15) is 8.78 Å². The topological polar surface area (TPSA) is 144 Å². The van der Waals surface area contributed by atoms with Crippen molar-refractivity contribution in [2.75, 3.05) is 6.61 Å². The van der Waals surface area contributed by atoms with Crippen molar-refractivity contribution in [3.63, 3.8) is 0 Å². The quantitative estimate of drug-likeness (QED) is 0.179. The maximum Gasteiger partial charge on any atom is 0.304 e.